The van der Waals surface area contributed by atoms with Gasteiger partial charge in [0.15, 0.2) is 0 Å². The first kappa shape index (κ1) is 17.8. The summed E-state index contributed by atoms with van der Waals surface area (Å²) in [6.07, 6.45) is 1.17. The van der Waals surface area contributed by atoms with Crippen LogP contribution >= 0.6 is 7.82 Å². The molecule has 0 aliphatic rings. The van der Waals surface area contributed by atoms with E-state index in [0.29, 0.717) is 0 Å². The summed E-state index contributed by atoms with van der Waals surface area (Å²) in [6.45, 7) is 4.00. The number of carboxylic acids is 1. The van der Waals surface area contributed by atoms with Gasteiger partial charge in [-0.05, 0) is 6.92 Å². The lowest BCUT2D eigenvalue weighted by molar-refractivity contribution is -0.132. The fourth-order valence-corrected chi connectivity index (χ4v) is 1.74. The van der Waals surface area contributed by atoms with Crippen molar-refractivity contribution in [3.05, 3.63) is 35.3 Å². The smallest absolute Gasteiger partial charge is 0.469 e. The average molecular weight is 331 g/mol. The van der Waals surface area contributed by atoms with Gasteiger partial charge < -0.3 is 25.7 Å². The Morgan fingerprint density at radius 1 is 1.55 bits per heavy atom. The topological polar surface area (TPSA) is 176 Å². The molecule has 0 amide bonds. The maximum absolute atomic E-state index is 10.7. The molecule has 1 heterocycles. The molecular formula is C11H14N3O7P. The zero-order valence-corrected chi connectivity index (χ0v) is 12.3. The van der Waals surface area contributed by atoms with Crippen LogP contribution in [-0.4, -0.2) is 36.8 Å². The molecule has 0 fully saturated rings. The molecule has 11 heteroatoms. The number of hydrogen-bond acceptors (Lipinski definition) is 6. The van der Waals surface area contributed by atoms with Crippen LogP contribution in [-0.2, 0) is 20.5 Å². The van der Waals surface area contributed by atoms with Gasteiger partial charge in [-0.25, -0.2) is 14.4 Å². The number of hydrogen-bond donors (Lipinski definition) is 5. The van der Waals surface area contributed by atoms with E-state index in [4.69, 9.17) is 20.6 Å². The van der Waals surface area contributed by atoms with Crippen molar-refractivity contribution in [2.75, 3.05) is 0 Å². The summed E-state index contributed by atoms with van der Waals surface area (Å²) in [6, 6.07) is 0. The van der Waals surface area contributed by atoms with Gasteiger partial charge in [-0.15, -0.1) is 0 Å². The molecule has 10 nitrogen and oxygen atoms in total. The quantitative estimate of drug-likeness (QED) is 0.208. The number of aromatic nitrogens is 1. The monoisotopic (exact) mass is 331 g/mol. The summed E-state index contributed by atoms with van der Waals surface area (Å²) < 4.78 is 15.1. The lowest BCUT2D eigenvalue weighted by atomic mass is 10.1. The van der Waals surface area contributed by atoms with Crippen LogP contribution in [0.1, 0.15) is 16.8 Å². The Labute approximate surface area is 124 Å². The summed E-state index contributed by atoms with van der Waals surface area (Å²) in [5, 5.41) is 18.7. The highest BCUT2D eigenvalue weighted by Crippen LogP contribution is 2.38. The minimum atomic E-state index is -4.75. The van der Waals surface area contributed by atoms with E-state index in [0.717, 1.165) is 0 Å². The third-order valence-electron chi connectivity index (χ3n) is 2.46. The Balaban J connectivity index is 3.31. The molecule has 0 aliphatic carbocycles. The van der Waals surface area contributed by atoms with Crippen molar-refractivity contribution in [2.45, 2.75) is 13.5 Å². The Kier molecular flexibility index (Phi) is 5.39. The molecule has 0 radical (unpaired) electrons. The first-order valence-corrected chi connectivity index (χ1v) is 7.20. The molecule has 1 aromatic heterocycles. The molecule has 0 atom stereocenters. The molecule has 0 unspecified atom stereocenters. The maximum atomic E-state index is 10.7. The molecule has 0 saturated carbocycles. The SMILES string of the molecule is C=C(N=C(N)c1c(COP(=O)(O)O)cnc(C)c1O)C(=O)O. The zero-order valence-electron chi connectivity index (χ0n) is 11.4. The predicted octanol–water partition coefficient (Wildman–Crippen LogP) is 0.00852. The summed E-state index contributed by atoms with van der Waals surface area (Å²) in [7, 11) is -4.75. The molecule has 1 aromatic rings. The van der Waals surface area contributed by atoms with Crippen molar-refractivity contribution >= 4 is 19.6 Å². The molecule has 1 rings (SSSR count). The van der Waals surface area contributed by atoms with E-state index in [9.17, 15) is 14.5 Å². The second-order valence-electron chi connectivity index (χ2n) is 4.11. The van der Waals surface area contributed by atoms with Gasteiger partial charge in [0.25, 0.3) is 0 Å². The van der Waals surface area contributed by atoms with E-state index < -0.39 is 37.7 Å². The lowest BCUT2D eigenvalue weighted by Crippen LogP contribution is -2.18. The van der Waals surface area contributed by atoms with Crippen LogP contribution in [0.25, 0.3) is 0 Å². The Morgan fingerprint density at radius 3 is 2.64 bits per heavy atom. The zero-order chi connectivity index (χ0) is 17.1. The molecule has 0 aromatic carbocycles. The van der Waals surface area contributed by atoms with Crippen LogP contribution < -0.4 is 5.73 Å². The third-order valence-corrected chi connectivity index (χ3v) is 2.93. The Bertz CT molecular complexity index is 695. The van der Waals surface area contributed by atoms with Gasteiger partial charge in [0.2, 0.25) is 0 Å². The van der Waals surface area contributed by atoms with Crippen molar-refractivity contribution in [3.63, 3.8) is 0 Å². The fourth-order valence-electron chi connectivity index (χ4n) is 1.43. The van der Waals surface area contributed by atoms with Crippen molar-refractivity contribution in [1.29, 1.82) is 0 Å². The molecule has 0 saturated heterocycles. The van der Waals surface area contributed by atoms with E-state index in [1.165, 1.54) is 13.1 Å². The second-order valence-corrected chi connectivity index (χ2v) is 5.34. The summed E-state index contributed by atoms with van der Waals surface area (Å²) in [5.74, 6) is -2.23. The minimum absolute atomic E-state index is 0.0193. The number of carboxylic acid groups (broad SMARTS) is 1. The van der Waals surface area contributed by atoms with Gasteiger partial charge in [0.1, 0.15) is 17.3 Å². The largest absolute Gasteiger partial charge is 0.505 e. The molecular weight excluding hydrogens is 317 g/mol. The number of aliphatic carboxylic acids is 1. The van der Waals surface area contributed by atoms with E-state index in [-0.39, 0.29) is 16.8 Å². The van der Waals surface area contributed by atoms with Crippen LogP contribution in [0.3, 0.4) is 0 Å². The van der Waals surface area contributed by atoms with Gasteiger partial charge in [0, 0.05) is 11.8 Å². The second kappa shape index (κ2) is 6.67. The number of aryl methyl sites for hydroxylation is 1. The molecule has 22 heavy (non-hydrogen) atoms. The highest BCUT2D eigenvalue weighted by Gasteiger charge is 2.20. The van der Waals surface area contributed by atoms with E-state index in [1.807, 2.05) is 0 Å². The number of carbonyl (C=O) groups is 1. The lowest BCUT2D eigenvalue weighted by Gasteiger charge is -2.13. The van der Waals surface area contributed by atoms with Gasteiger partial charge in [-0.2, -0.15) is 0 Å². The van der Waals surface area contributed by atoms with Crippen molar-refractivity contribution in [1.82, 2.24) is 4.98 Å². The highest BCUT2D eigenvalue weighted by atomic mass is 31.2. The molecule has 6 N–H and O–H groups in total. The van der Waals surface area contributed by atoms with Gasteiger partial charge in [-0.3, -0.25) is 9.51 Å². The number of aromatic hydroxyl groups is 1. The number of rotatable bonds is 6. The number of phosphoric acid groups is 1. The first-order valence-electron chi connectivity index (χ1n) is 5.67. The standard InChI is InChI=1S/C11H14N3O7P/c1-5-9(15)8(10(12)14-6(2)11(16)17)7(3-13-5)4-21-22(18,19)20/h3,15H,2,4H2,1H3,(H2,12,14)(H,16,17)(H2,18,19,20). The molecule has 0 bridgehead atoms. The molecule has 0 aliphatic heterocycles. The summed E-state index contributed by atoms with van der Waals surface area (Å²) in [5.41, 5.74) is 5.10. The van der Waals surface area contributed by atoms with Crippen LogP contribution in [0, 0.1) is 6.92 Å². The number of nitrogens with two attached hydrogens (primary N) is 1. The van der Waals surface area contributed by atoms with E-state index in [2.05, 4.69) is 21.1 Å². The van der Waals surface area contributed by atoms with Crippen molar-refractivity contribution in [2.24, 2.45) is 10.7 Å². The predicted molar refractivity (Wildman–Crippen MR) is 75.0 cm³/mol. The number of amidine groups is 1. The molecule has 0 spiro atoms. The average Bonchev–Trinajstić information content (AvgIpc) is 2.38. The first-order chi connectivity index (χ1) is 10.0. The normalized spacial score (nSPS) is 12.2. The third kappa shape index (κ3) is 4.64. The van der Waals surface area contributed by atoms with Crippen LogP contribution in [0.2, 0.25) is 0 Å². The van der Waals surface area contributed by atoms with Crippen molar-refractivity contribution < 1.29 is 33.9 Å². The fraction of sp³-hybridized carbons (Fsp3) is 0.182. The number of nitrogens with zero attached hydrogens (tertiary/aromatic N) is 2. The van der Waals surface area contributed by atoms with E-state index >= 15 is 0 Å². The minimum Gasteiger partial charge on any atom is -0.505 e. The van der Waals surface area contributed by atoms with Crippen LogP contribution in [0.15, 0.2) is 23.5 Å². The maximum Gasteiger partial charge on any atom is 0.469 e. The molecule has 120 valence electrons. The van der Waals surface area contributed by atoms with Crippen molar-refractivity contribution in [3.8, 4) is 5.75 Å². The van der Waals surface area contributed by atoms with Crippen LogP contribution in [0.4, 0.5) is 0 Å². The van der Waals surface area contributed by atoms with Crippen LogP contribution in [0.5, 0.6) is 5.75 Å². The number of pyridine rings is 1. The summed E-state index contributed by atoms with van der Waals surface area (Å²) in [4.78, 5) is 35.4. The van der Waals surface area contributed by atoms with Gasteiger partial charge in [0.05, 0.1) is 17.9 Å². The Hall–Kier alpha value is -2.26. The summed E-state index contributed by atoms with van der Waals surface area (Å²) >= 11 is 0. The van der Waals surface area contributed by atoms with Gasteiger partial charge >= 0.3 is 13.8 Å². The number of phosphoric ester groups is 1. The Morgan fingerprint density at radius 2 is 2.14 bits per heavy atom. The van der Waals surface area contributed by atoms with E-state index in [1.54, 1.807) is 0 Å². The number of aliphatic imine (C=N–C) groups is 1. The highest BCUT2D eigenvalue weighted by molar-refractivity contribution is 7.46. The van der Waals surface area contributed by atoms with Gasteiger partial charge in [-0.1, -0.05) is 6.58 Å².